The van der Waals surface area contributed by atoms with Crippen molar-refractivity contribution in [2.75, 3.05) is 18.0 Å². The predicted octanol–water partition coefficient (Wildman–Crippen LogP) is 0.589. The van der Waals surface area contributed by atoms with Crippen molar-refractivity contribution in [1.82, 2.24) is 20.2 Å². The molecule has 0 aromatic carbocycles. The van der Waals surface area contributed by atoms with Gasteiger partial charge in [-0.05, 0) is 19.8 Å². The van der Waals surface area contributed by atoms with Crippen molar-refractivity contribution < 1.29 is 0 Å². The van der Waals surface area contributed by atoms with Crippen molar-refractivity contribution in [3.05, 3.63) is 12.0 Å². The summed E-state index contributed by atoms with van der Waals surface area (Å²) in [6, 6.07) is 0.328. The second kappa shape index (κ2) is 3.96. The van der Waals surface area contributed by atoms with E-state index in [0.717, 1.165) is 48.6 Å². The molecule has 0 bridgehead atoms. The van der Waals surface area contributed by atoms with Gasteiger partial charge in [0, 0.05) is 19.1 Å². The van der Waals surface area contributed by atoms with Crippen molar-refractivity contribution in [3.8, 4) is 0 Å². The molecule has 3 heterocycles. The minimum atomic E-state index is 0.328. The van der Waals surface area contributed by atoms with Crippen LogP contribution in [0.4, 0.5) is 5.82 Å². The van der Waals surface area contributed by atoms with E-state index in [1.54, 1.807) is 6.20 Å². The molecule has 0 amide bonds. The van der Waals surface area contributed by atoms with Gasteiger partial charge in [0.15, 0.2) is 5.65 Å². The van der Waals surface area contributed by atoms with E-state index in [0.29, 0.717) is 6.04 Å². The summed E-state index contributed by atoms with van der Waals surface area (Å²) < 4.78 is 0. The number of aromatic amines is 1. The number of nitrogens with two attached hydrogens (primary N) is 1. The number of aromatic nitrogens is 4. The van der Waals surface area contributed by atoms with Crippen LogP contribution >= 0.6 is 0 Å². The molecule has 6 heteroatoms. The first kappa shape index (κ1) is 10.5. The lowest BCUT2D eigenvalue weighted by atomic mass is 10.1. The van der Waals surface area contributed by atoms with E-state index in [1.807, 2.05) is 6.92 Å². The normalized spacial score (nSPS) is 17.9. The first-order valence-corrected chi connectivity index (χ1v) is 5.92. The summed E-state index contributed by atoms with van der Waals surface area (Å²) in [6.07, 6.45) is 3.82. The zero-order chi connectivity index (χ0) is 11.8. The zero-order valence-electron chi connectivity index (χ0n) is 9.85. The Morgan fingerprint density at radius 3 is 2.88 bits per heavy atom. The molecule has 1 saturated heterocycles. The van der Waals surface area contributed by atoms with Gasteiger partial charge in [-0.1, -0.05) is 0 Å². The molecule has 1 fully saturated rings. The van der Waals surface area contributed by atoms with Gasteiger partial charge in [0.2, 0.25) is 0 Å². The molecule has 2 aromatic heterocycles. The molecule has 1 aliphatic heterocycles. The number of hydrogen-bond acceptors (Lipinski definition) is 5. The van der Waals surface area contributed by atoms with Gasteiger partial charge in [-0.2, -0.15) is 5.10 Å². The number of piperidine rings is 1. The second-order valence-electron chi connectivity index (χ2n) is 4.55. The summed E-state index contributed by atoms with van der Waals surface area (Å²) in [5.41, 5.74) is 6.73. The number of anilines is 1. The smallest absolute Gasteiger partial charge is 0.161 e. The van der Waals surface area contributed by atoms with Gasteiger partial charge in [0.25, 0.3) is 0 Å². The lowest BCUT2D eigenvalue weighted by Crippen LogP contribution is -2.40. The maximum Gasteiger partial charge on any atom is 0.161 e. The summed E-state index contributed by atoms with van der Waals surface area (Å²) >= 11 is 0. The largest absolute Gasteiger partial charge is 0.356 e. The number of H-pyrrole nitrogens is 1. The van der Waals surface area contributed by atoms with Crippen LogP contribution in [0.25, 0.3) is 11.0 Å². The van der Waals surface area contributed by atoms with Crippen molar-refractivity contribution in [2.45, 2.75) is 25.8 Å². The van der Waals surface area contributed by atoms with E-state index in [-0.39, 0.29) is 0 Å². The number of aryl methyl sites for hydroxylation is 1. The van der Waals surface area contributed by atoms with Crippen LogP contribution in [-0.2, 0) is 0 Å². The summed E-state index contributed by atoms with van der Waals surface area (Å²) in [6.45, 7) is 3.81. The topological polar surface area (TPSA) is 83.7 Å². The zero-order valence-corrected chi connectivity index (χ0v) is 9.85. The molecule has 90 valence electrons. The summed E-state index contributed by atoms with van der Waals surface area (Å²) in [5.74, 6) is 1.75. The van der Waals surface area contributed by atoms with Crippen molar-refractivity contribution in [1.29, 1.82) is 0 Å². The van der Waals surface area contributed by atoms with E-state index in [4.69, 9.17) is 5.73 Å². The summed E-state index contributed by atoms with van der Waals surface area (Å²) in [4.78, 5) is 11.1. The van der Waals surface area contributed by atoms with E-state index < -0.39 is 0 Å². The quantitative estimate of drug-likeness (QED) is 0.751. The van der Waals surface area contributed by atoms with Gasteiger partial charge in [0.1, 0.15) is 11.6 Å². The van der Waals surface area contributed by atoms with Crippen LogP contribution in [0.1, 0.15) is 18.7 Å². The number of nitrogens with one attached hydrogen (secondary N) is 1. The van der Waals surface area contributed by atoms with Crippen LogP contribution in [0.5, 0.6) is 0 Å². The number of nitrogens with zero attached hydrogens (tertiary/aromatic N) is 4. The van der Waals surface area contributed by atoms with Crippen LogP contribution in [0, 0.1) is 6.92 Å². The molecule has 0 atom stereocenters. The lowest BCUT2D eigenvalue weighted by molar-refractivity contribution is 0.499. The van der Waals surface area contributed by atoms with Crippen molar-refractivity contribution in [2.24, 2.45) is 5.73 Å². The molecular weight excluding hydrogens is 216 g/mol. The third-order valence-corrected chi connectivity index (χ3v) is 3.24. The highest BCUT2D eigenvalue weighted by Gasteiger charge is 2.20. The molecule has 1 aliphatic rings. The monoisotopic (exact) mass is 232 g/mol. The highest BCUT2D eigenvalue weighted by molar-refractivity contribution is 5.86. The van der Waals surface area contributed by atoms with Crippen LogP contribution in [0.2, 0.25) is 0 Å². The van der Waals surface area contributed by atoms with Gasteiger partial charge >= 0.3 is 0 Å². The maximum atomic E-state index is 5.92. The Labute approximate surface area is 99.2 Å². The fourth-order valence-electron chi connectivity index (χ4n) is 2.28. The Balaban J connectivity index is 2.01. The van der Waals surface area contributed by atoms with Gasteiger partial charge in [0.05, 0.1) is 11.6 Å². The molecular formula is C11H16N6. The fourth-order valence-corrected chi connectivity index (χ4v) is 2.28. The fraction of sp³-hybridized carbons (Fsp3) is 0.545. The molecule has 17 heavy (non-hydrogen) atoms. The molecule has 3 rings (SSSR count). The highest BCUT2D eigenvalue weighted by atomic mass is 15.2. The Bertz CT molecular complexity index is 526. The molecule has 0 unspecified atom stereocenters. The Morgan fingerprint density at radius 2 is 2.12 bits per heavy atom. The van der Waals surface area contributed by atoms with Gasteiger partial charge in [-0.15, -0.1) is 0 Å². The molecule has 2 aromatic rings. The molecule has 0 saturated carbocycles. The SMILES string of the molecule is Cc1nc(N2CCC(N)CC2)c2cn[nH]c2n1. The second-order valence-corrected chi connectivity index (χ2v) is 4.55. The van der Waals surface area contributed by atoms with E-state index in [1.165, 1.54) is 0 Å². The minimum absolute atomic E-state index is 0.328. The third kappa shape index (κ3) is 1.84. The van der Waals surface area contributed by atoms with E-state index in [2.05, 4.69) is 25.1 Å². The number of fused-ring (bicyclic) bond motifs is 1. The number of hydrogen-bond donors (Lipinski definition) is 2. The van der Waals surface area contributed by atoms with Gasteiger partial charge in [-0.25, -0.2) is 9.97 Å². The van der Waals surface area contributed by atoms with E-state index in [9.17, 15) is 0 Å². The van der Waals surface area contributed by atoms with Crippen LogP contribution in [0.3, 0.4) is 0 Å². The Kier molecular flexibility index (Phi) is 2.44. The minimum Gasteiger partial charge on any atom is -0.356 e. The summed E-state index contributed by atoms with van der Waals surface area (Å²) in [7, 11) is 0. The molecule has 0 aliphatic carbocycles. The van der Waals surface area contributed by atoms with Crippen LogP contribution < -0.4 is 10.6 Å². The first-order chi connectivity index (χ1) is 8.24. The van der Waals surface area contributed by atoms with Gasteiger partial charge < -0.3 is 10.6 Å². The average molecular weight is 232 g/mol. The maximum absolute atomic E-state index is 5.92. The summed E-state index contributed by atoms with van der Waals surface area (Å²) in [5, 5.41) is 7.92. The van der Waals surface area contributed by atoms with Gasteiger partial charge in [-0.3, -0.25) is 5.10 Å². The average Bonchev–Trinajstić information content (AvgIpc) is 2.77. The molecule has 0 spiro atoms. The molecule has 0 radical (unpaired) electrons. The number of rotatable bonds is 1. The Hall–Kier alpha value is -1.69. The molecule has 6 nitrogen and oxygen atoms in total. The van der Waals surface area contributed by atoms with Crippen LogP contribution in [-0.4, -0.2) is 39.3 Å². The lowest BCUT2D eigenvalue weighted by Gasteiger charge is -2.31. The third-order valence-electron chi connectivity index (χ3n) is 3.24. The first-order valence-electron chi connectivity index (χ1n) is 5.92. The van der Waals surface area contributed by atoms with Crippen molar-refractivity contribution >= 4 is 16.9 Å². The van der Waals surface area contributed by atoms with E-state index >= 15 is 0 Å². The predicted molar refractivity (Wildman–Crippen MR) is 65.8 cm³/mol. The highest BCUT2D eigenvalue weighted by Crippen LogP contribution is 2.24. The Morgan fingerprint density at radius 1 is 1.35 bits per heavy atom. The van der Waals surface area contributed by atoms with Crippen molar-refractivity contribution in [3.63, 3.8) is 0 Å². The molecule has 3 N–H and O–H groups in total. The van der Waals surface area contributed by atoms with Crippen LogP contribution in [0.15, 0.2) is 6.20 Å². The standard InChI is InChI=1S/C11H16N6/c1-7-14-10-9(6-13-16-10)11(15-7)17-4-2-8(12)3-5-17/h6,8H,2-5,12H2,1H3,(H,13,14,15,16).